The lowest BCUT2D eigenvalue weighted by atomic mass is 10.1. The van der Waals surface area contributed by atoms with Crippen molar-refractivity contribution in [1.82, 2.24) is 9.88 Å². The Balaban J connectivity index is 1.59. The summed E-state index contributed by atoms with van der Waals surface area (Å²) in [5.74, 6) is 1.42. The standard InChI is InChI=1S/C21H28FN5O/c1-3-27(4-2)14-13-23-20-10-9-18-19(11-12-24-21(18)25-20)26-28-15-16-5-7-17(22)8-6-16/h5-10H,3-4,11-15H2,1-2H3,(H2,23,24,25)/b26-19+. The van der Waals surface area contributed by atoms with E-state index in [0.29, 0.717) is 6.61 Å². The fraction of sp³-hybridized carbons (Fsp3) is 0.429. The Morgan fingerprint density at radius 2 is 1.96 bits per heavy atom. The Labute approximate surface area is 165 Å². The van der Waals surface area contributed by atoms with Crippen molar-refractivity contribution in [3.63, 3.8) is 0 Å². The van der Waals surface area contributed by atoms with Crippen LogP contribution in [-0.4, -0.2) is 48.3 Å². The molecule has 0 bridgehead atoms. The predicted octanol–water partition coefficient (Wildman–Crippen LogP) is 3.71. The van der Waals surface area contributed by atoms with Crippen molar-refractivity contribution in [3.05, 3.63) is 53.3 Å². The van der Waals surface area contributed by atoms with Gasteiger partial charge in [-0.15, -0.1) is 0 Å². The zero-order chi connectivity index (χ0) is 19.8. The smallest absolute Gasteiger partial charge is 0.142 e. The van der Waals surface area contributed by atoms with Crippen molar-refractivity contribution >= 4 is 17.3 Å². The zero-order valence-electron chi connectivity index (χ0n) is 16.5. The van der Waals surface area contributed by atoms with Crippen LogP contribution in [0.3, 0.4) is 0 Å². The number of anilines is 2. The topological polar surface area (TPSA) is 61.8 Å². The number of nitrogens with zero attached hydrogens (tertiary/aromatic N) is 3. The number of fused-ring (bicyclic) bond motifs is 1. The van der Waals surface area contributed by atoms with Crippen molar-refractivity contribution in [1.29, 1.82) is 0 Å². The normalized spacial score (nSPS) is 14.6. The summed E-state index contributed by atoms with van der Waals surface area (Å²) in [5.41, 5.74) is 2.71. The summed E-state index contributed by atoms with van der Waals surface area (Å²) in [4.78, 5) is 12.5. The molecule has 3 rings (SSSR count). The first-order chi connectivity index (χ1) is 13.7. The molecular weight excluding hydrogens is 357 g/mol. The van der Waals surface area contributed by atoms with Gasteiger partial charge in [0.25, 0.3) is 0 Å². The minimum atomic E-state index is -0.255. The summed E-state index contributed by atoms with van der Waals surface area (Å²) in [6.07, 6.45) is 0.771. The van der Waals surface area contributed by atoms with Gasteiger partial charge in [0.1, 0.15) is 24.1 Å². The average molecular weight is 385 g/mol. The van der Waals surface area contributed by atoms with Crippen molar-refractivity contribution in [2.75, 3.05) is 43.4 Å². The second-order valence-corrected chi connectivity index (χ2v) is 6.66. The molecule has 0 atom stereocenters. The van der Waals surface area contributed by atoms with Crippen LogP contribution < -0.4 is 10.6 Å². The third kappa shape index (κ3) is 5.42. The highest BCUT2D eigenvalue weighted by atomic mass is 19.1. The largest absolute Gasteiger partial charge is 0.391 e. The highest BCUT2D eigenvalue weighted by Gasteiger charge is 2.17. The van der Waals surface area contributed by atoms with Gasteiger partial charge in [-0.3, -0.25) is 0 Å². The third-order valence-corrected chi connectivity index (χ3v) is 4.81. The molecule has 0 aliphatic carbocycles. The minimum Gasteiger partial charge on any atom is -0.391 e. The van der Waals surface area contributed by atoms with Gasteiger partial charge in [0.05, 0.1) is 5.71 Å². The first-order valence-electron chi connectivity index (χ1n) is 9.84. The maximum atomic E-state index is 13.0. The monoisotopic (exact) mass is 385 g/mol. The second-order valence-electron chi connectivity index (χ2n) is 6.66. The lowest BCUT2D eigenvalue weighted by Crippen LogP contribution is -2.29. The molecule has 28 heavy (non-hydrogen) atoms. The van der Waals surface area contributed by atoms with Gasteiger partial charge in [-0.05, 0) is 42.9 Å². The molecule has 2 aromatic rings. The minimum absolute atomic E-state index is 0.255. The van der Waals surface area contributed by atoms with E-state index in [2.05, 4.69) is 39.5 Å². The maximum Gasteiger partial charge on any atom is 0.142 e. The molecule has 0 spiro atoms. The quantitative estimate of drug-likeness (QED) is 0.645. The van der Waals surface area contributed by atoms with E-state index in [-0.39, 0.29) is 5.82 Å². The molecule has 1 aliphatic heterocycles. The molecule has 0 unspecified atom stereocenters. The van der Waals surface area contributed by atoms with E-state index in [1.807, 2.05) is 12.1 Å². The van der Waals surface area contributed by atoms with Crippen LogP contribution in [0.4, 0.5) is 16.0 Å². The van der Waals surface area contributed by atoms with Crippen LogP contribution in [0.25, 0.3) is 0 Å². The molecule has 2 N–H and O–H groups in total. The van der Waals surface area contributed by atoms with E-state index in [0.717, 1.165) is 67.6 Å². The second kappa shape index (κ2) is 10.0. The van der Waals surface area contributed by atoms with Crippen LogP contribution in [0.2, 0.25) is 0 Å². The van der Waals surface area contributed by atoms with Crippen molar-refractivity contribution in [2.45, 2.75) is 26.9 Å². The maximum absolute atomic E-state index is 13.0. The summed E-state index contributed by atoms with van der Waals surface area (Å²) in [5, 5.41) is 11.0. The van der Waals surface area contributed by atoms with Gasteiger partial charge >= 0.3 is 0 Å². The summed E-state index contributed by atoms with van der Waals surface area (Å²) in [6, 6.07) is 10.2. The van der Waals surface area contributed by atoms with Crippen LogP contribution in [0.5, 0.6) is 0 Å². The third-order valence-electron chi connectivity index (χ3n) is 4.81. The molecule has 1 aliphatic rings. The van der Waals surface area contributed by atoms with E-state index >= 15 is 0 Å². The molecule has 0 saturated carbocycles. The van der Waals surface area contributed by atoms with Gasteiger partial charge in [0.2, 0.25) is 0 Å². The van der Waals surface area contributed by atoms with Crippen LogP contribution >= 0.6 is 0 Å². The van der Waals surface area contributed by atoms with Crippen LogP contribution in [0.15, 0.2) is 41.6 Å². The SMILES string of the molecule is CCN(CC)CCNc1ccc2c(n1)NCC/C2=N\OCc1ccc(F)cc1. The molecule has 7 heteroatoms. The van der Waals surface area contributed by atoms with Gasteiger partial charge in [0, 0.05) is 31.6 Å². The number of pyridine rings is 1. The molecule has 0 fully saturated rings. The van der Waals surface area contributed by atoms with Crippen molar-refractivity contribution < 1.29 is 9.23 Å². The number of aromatic nitrogens is 1. The molecule has 1 aromatic carbocycles. The molecule has 0 amide bonds. The highest BCUT2D eigenvalue weighted by Crippen LogP contribution is 2.22. The van der Waals surface area contributed by atoms with Crippen LogP contribution in [0.1, 0.15) is 31.4 Å². The molecule has 2 heterocycles. The predicted molar refractivity (Wildman–Crippen MR) is 111 cm³/mol. The lowest BCUT2D eigenvalue weighted by molar-refractivity contribution is 0.130. The number of rotatable bonds is 9. The van der Waals surface area contributed by atoms with E-state index in [1.54, 1.807) is 12.1 Å². The van der Waals surface area contributed by atoms with E-state index in [1.165, 1.54) is 12.1 Å². The van der Waals surface area contributed by atoms with Gasteiger partial charge in [0.15, 0.2) is 0 Å². The molecule has 0 radical (unpaired) electrons. The first-order valence-corrected chi connectivity index (χ1v) is 9.84. The highest BCUT2D eigenvalue weighted by molar-refractivity contribution is 6.05. The van der Waals surface area contributed by atoms with Crippen molar-refractivity contribution in [2.24, 2.45) is 5.16 Å². The zero-order valence-corrected chi connectivity index (χ0v) is 16.5. The molecule has 1 aromatic heterocycles. The number of nitrogens with one attached hydrogen (secondary N) is 2. The summed E-state index contributed by atoms with van der Waals surface area (Å²) in [6.45, 7) is 9.36. The summed E-state index contributed by atoms with van der Waals surface area (Å²) in [7, 11) is 0. The van der Waals surface area contributed by atoms with Gasteiger partial charge < -0.3 is 20.4 Å². The lowest BCUT2D eigenvalue weighted by Gasteiger charge is -2.21. The fourth-order valence-corrected chi connectivity index (χ4v) is 3.10. The Kier molecular flexibility index (Phi) is 7.19. The van der Waals surface area contributed by atoms with Gasteiger partial charge in [-0.2, -0.15) is 0 Å². The average Bonchev–Trinajstić information content (AvgIpc) is 2.72. The van der Waals surface area contributed by atoms with Gasteiger partial charge in [-0.25, -0.2) is 9.37 Å². The fourth-order valence-electron chi connectivity index (χ4n) is 3.10. The molecular formula is C21H28FN5O. The van der Waals surface area contributed by atoms with Crippen molar-refractivity contribution in [3.8, 4) is 0 Å². The van der Waals surface area contributed by atoms with E-state index in [4.69, 9.17) is 4.84 Å². The Morgan fingerprint density at radius 3 is 2.71 bits per heavy atom. The molecule has 150 valence electrons. The summed E-state index contributed by atoms with van der Waals surface area (Å²) >= 11 is 0. The number of hydrogen-bond donors (Lipinski definition) is 2. The van der Waals surface area contributed by atoms with E-state index < -0.39 is 0 Å². The number of oxime groups is 1. The first kappa shape index (κ1) is 20.1. The Morgan fingerprint density at radius 1 is 1.18 bits per heavy atom. The number of likely N-dealkylation sites (N-methyl/N-ethyl adjacent to an activating group) is 1. The number of halogens is 1. The van der Waals surface area contributed by atoms with E-state index in [9.17, 15) is 4.39 Å². The number of benzene rings is 1. The molecule has 6 nitrogen and oxygen atoms in total. The van der Waals surface area contributed by atoms with Gasteiger partial charge in [-0.1, -0.05) is 31.1 Å². The number of hydrogen-bond acceptors (Lipinski definition) is 6. The Bertz CT molecular complexity index is 790. The van der Waals surface area contributed by atoms with Crippen LogP contribution in [0, 0.1) is 5.82 Å². The summed E-state index contributed by atoms with van der Waals surface area (Å²) < 4.78 is 13.0. The molecule has 0 saturated heterocycles. The Hall–Kier alpha value is -2.67. The van der Waals surface area contributed by atoms with Crippen LogP contribution in [-0.2, 0) is 11.4 Å².